The van der Waals surface area contributed by atoms with Gasteiger partial charge in [-0.3, -0.25) is 0 Å². The van der Waals surface area contributed by atoms with Crippen molar-refractivity contribution in [3.8, 4) is 5.75 Å². The second-order valence-electron chi connectivity index (χ2n) is 5.59. The van der Waals surface area contributed by atoms with Gasteiger partial charge in [0.25, 0.3) is 0 Å². The van der Waals surface area contributed by atoms with Crippen LogP contribution in [0.15, 0.2) is 24.3 Å². The van der Waals surface area contributed by atoms with Gasteiger partial charge in [0.1, 0.15) is 5.75 Å². The molecule has 2 saturated heterocycles. The Morgan fingerprint density at radius 1 is 1.32 bits per heavy atom. The fraction of sp³-hybridized carbons (Fsp3) is 0.562. The van der Waals surface area contributed by atoms with E-state index in [2.05, 4.69) is 5.32 Å². The molecular formula is C16H22N2O4. The highest BCUT2D eigenvalue weighted by molar-refractivity contribution is 5.91. The smallest absolute Gasteiger partial charge is 0.321 e. The molecule has 0 bridgehead atoms. The van der Waals surface area contributed by atoms with Gasteiger partial charge in [-0.1, -0.05) is 12.1 Å². The van der Waals surface area contributed by atoms with Gasteiger partial charge in [-0.2, -0.15) is 0 Å². The van der Waals surface area contributed by atoms with Crippen molar-refractivity contribution in [2.75, 3.05) is 38.7 Å². The van der Waals surface area contributed by atoms with Gasteiger partial charge < -0.3 is 24.4 Å². The highest BCUT2D eigenvalue weighted by Crippen LogP contribution is 2.27. The monoisotopic (exact) mass is 306 g/mol. The maximum absolute atomic E-state index is 12.5. The Bertz CT molecular complexity index is 517. The summed E-state index contributed by atoms with van der Waals surface area (Å²) >= 11 is 0. The number of carbonyl (C=O) groups excluding carboxylic acids is 1. The van der Waals surface area contributed by atoms with Crippen molar-refractivity contribution in [3.63, 3.8) is 0 Å². The van der Waals surface area contributed by atoms with Gasteiger partial charge in [0.15, 0.2) is 6.29 Å². The van der Waals surface area contributed by atoms with E-state index in [4.69, 9.17) is 14.2 Å². The molecule has 1 aromatic carbocycles. The summed E-state index contributed by atoms with van der Waals surface area (Å²) in [7, 11) is 1.59. The van der Waals surface area contributed by atoms with Crippen LogP contribution in [-0.4, -0.2) is 50.6 Å². The molecule has 2 aliphatic heterocycles. The molecule has 2 amide bonds. The van der Waals surface area contributed by atoms with Crippen LogP contribution in [0.3, 0.4) is 0 Å². The van der Waals surface area contributed by atoms with E-state index in [9.17, 15) is 4.79 Å². The van der Waals surface area contributed by atoms with Gasteiger partial charge in [-0.05, 0) is 25.0 Å². The summed E-state index contributed by atoms with van der Waals surface area (Å²) in [6.45, 7) is 2.71. The number of nitrogens with zero attached hydrogens (tertiary/aromatic N) is 1. The number of benzene rings is 1. The van der Waals surface area contributed by atoms with Crippen molar-refractivity contribution in [3.05, 3.63) is 24.3 Å². The first-order valence-corrected chi connectivity index (χ1v) is 7.70. The number of rotatable bonds is 3. The number of hydrogen-bond acceptors (Lipinski definition) is 4. The molecule has 1 aromatic rings. The summed E-state index contributed by atoms with van der Waals surface area (Å²) in [5, 5.41) is 2.92. The number of carbonyl (C=O) groups is 1. The zero-order chi connectivity index (χ0) is 15.4. The van der Waals surface area contributed by atoms with E-state index in [1.807, 2.05) is 29.2 Å². The third-order valence-electron chi connectivity index (χ3n) is 4.13. The maximum Gasteiger partial charge on any atom is 0.321 e. The van der Waals surface area contributed by atoms with E-state index in [1.165, 1.54) is 0 Å². The number of para-hydroxylation sites is 2. The Morgan fingerprint density at radius 2 is 2.09 bits per heavy atom. The van der Waals surface area contributed by atoms with Crippen molar-refractivity contribution in [1.82, 2.24) is 4.90 Å². The zero-order valence-corrected chi connectivity index (χ0v) is 12.8. The highest BCUT2D eigenvalue weighted by atomic mass is 16.7. The quantitative estimate of drug-likeness (QED) is 0.931. The molecule has 3 rings (SSSR count). The minimum absolute atomic E-state index is 0.104. The Hall–Kier alpha value is -1.79. The van der Waals surface area contributed by atoms with Crippen LogP contribution in [0, 0.1) is 5.92 Å². The molecule has 22 heavy (non-hydrogen) atoms. The number of piperidine rings is 1. The van der Waals surface area contributed by atoms with E-state index >= 15 is 0 Å². The predicted octanol–water partition coefficient (Wildman–Crippen LogP) is 2.31. The minimum Gasteiger partial charge on any atom is -0.495 e. The van der Waals surface area contributed by atoms with Crippen LogP contribution in [0.4, 0.5) is 10.5 Å². The first-order chi connectivity index (χ1) is 10.8. The fourth-order valence-corrected chi connectivity index (χ4v) is 3.01. The van der Waals surface area contributed by atoms with E-state index in [0.717, 1.165) is 19.4 Å². The molecule has 0 spiro atoms. The molecule has 0 radical (unpaired) electrons. The lowest BCUT2D eigenvalue weighted by molar-refractivity contribution is -0.0959. The largest absolute Gasteiger partial charge is 0.495 e. The molecule has 2 fully saturated rings. The van der Waals surface area contributed by atoms with E-state index in [1.54, 1.807) is 7.11 Å². The predicted molar refractivity (Wildman–Crippen MR) is 82.0 cm³/mol. The minimum atomic E-state index is -0.165. The molecule has 0 unspecified atom stereocenters. The van der Waals surface area contributed by atoms with Gasteiger partial charge in [0.05, 0.1) is 26.0 Å². The third-order valence-corrected chi connectivity index (χ3v) is 4.13. The lowest BCUT2D eigenvalue weighted by atomic mass is 9.98. The van der Waals surface area contributed by atoms with Crippen LogP contribution in [-0.2, 0) is 9.47 Å². The first-order valence-electron chi connectivity index (χ1n) is 7.70. The second-order valence-corrected chi connectivity index (χ2v) is 5.59. The molecular weight excluding hydrogens is 284 g/mol. The van der Waals surface area contributed by atoms with Gasteiger partial charge in [-0.15, -0.1) is 0 Å². The average molecular weight is 306 g/mol. The molecule has 6 nitrogen and oxygen atoms in total. The average Bonchev–Trinajstić information content (AvgIpc) is 3.10. The number of urea groups is 1. The van der Waals surface area contributed by atoms with Crippen molar-refractivity contribution in [2.45, 2.75) is 19.1 Å². The lowest BCUT2D eigenvalue weighted by Crippen LogP contribution is -2.45. The SMILES string of the molecule is COc1ccccc1NC(=O)N1CCC[C@@H](C2OCCO2)C1. The van der Waals surface area contributed by atoms with Crippen LogP contribution in [0.1, 0.15) is 12.8 Å². The summed E-state index contributed by atoms with van der Waals surface area (Å²) in [4.78, 5) is 14.3. The number of methoxy groups -OCH3 is 1. The number of amides is 2. The Labute approximate surface area is 130 Å². The molecule has 1 N–H and O–H groups in total. The van der Waals surface area contributed by atoms with Crippen LogP contribution in [0.25, 0.3) is 0 Å². The molecule has 0 saturated carbocycles. The highest BCUT2D eigenvalue weighted by Gasteiger charge is 2.32. The van der Waals surface area contributed by atoms with E-state index in [-0.39, 0.29) is 18.2 Å². The summed E-state index contributed by atoms with van der Waals surface area (Å²) < 4.78 is 16.4. The second kappa shape index (κ2) is 6.98. The molecule has 2 heterocycles. The molecule has 1 atom stereocenters. The van der Waals surface area contributed by atoms with Crippen molar-refractivity contribution >= 4 is 11.7 Å². The van der Waals surface area contributed by atoms with Gasteiger partial charge in [-0.25, -0.2) is 4.79 Å². The maximum atomic E-state index is 12.5. The first kappa shape index (κ1) is 15.1. The van der Waals surface area contributed by atoms with Crippen molar-refractivity contribution in [1.29, 1.82) is 0 Å². The fourth-order valence-electron chi connectivity index (χ4n) is 3.01. The van der Waals surface area contributed by atoms with Gasteiger partial charge in [0.2, 0.25) is 0 Å². The number of likely N-dealkylation sites (tertiary alicyclic amines) is 1. The summed E-state index contributed by atoms with van der Waals surface area (Å²) in [5.41, 5.74) is 0.686. The van der Waals surface area contributed by atoms with Crippen molar-refractivity contribution < 1.29 is 19.0 Å². The lowest BCUT2D eigenvalue weighted by Gasteiger charge is -2.34. The zero-order valence-electron chi connectivity index (χ0n) is 12.8. The molecule has 2 aliphatic rings. The topological polar surface area (TPSA) is 60.0 Å². The molecule has 0 aromatic heterocycles. The number of nitrogens with one attached hydrogen (secondary N) is 1. The summed E-state index contributed by atoms with van der Waals surface area (Å²) in [5.74, 6) is 0.909. The van der Waals surface area contributed by atoms with Crippen LogP contribution in [0.2, 0.25) is 0 Å². The Kier molecular flexibility index (Phi) is 4.80. The molecule has 6 heteroatoms. The van der Waals surface area contributed by atoms with Crippen LogP contribution >= 0.6 is 0 Å². The Balaban J connectivity index is 1.61. The van der Waals surface area contributed by atoms with Crippen LogP contribution in [0.5, 0.6) is 5.75 Å². The summed E-state index contributed by atoms with van der Waals surface area (Å²) in [6.07, 6.45) is 1.83. The van der Waals surface area contributed by atoms with E-state index in [0.29, 0.717) is 31.2 Å². The van der Waals surface area contributed by atoms with Gasteiger partial charge in [0, 0.05) is 19.0 Å². The molecule has 120 valence electrons. The number of anilines is 1. The summed E-state index contributed by atoms with van der Waals surface area (Å²) in [6, 6.07) is 7.31. The van der Waals surface area contributed by atoms with Crippen LogP contribution < -0.4 is 10.1 Å². The van der Waals surface area contributed by atoms with Gasteiger partial charge >= 0.3 is 6.03 Å². The van der Waals surface area contributed by atoms with E-state index < -0.39 is 0 Å². The van der Waals surface area contributed by atoms with Crippen molar-refractivity contribution in [2.24, 2.45) is 5.92 Å². The Morgan fingerprint density at radius 3 is 2.86 bits per heavy atom. The normalized spacial score (nSPS) is 22.6. The standard InChI is InChI=1S/C16H22N2O4/c1-20-14-7-3-2-6-13(14)17-16(19)18-8-4-5-12(11-18)15-21-9-10-22-15/h2-3,6-7,12,15H,4-5,8-11H2,1H3,(H,17,19)/t12-/m1/s1. The third kappa shape index (κ3) is 3.34. The number of hydrogen-bond donors (Lipinski definition) is 1. The molecule has 0 aliphatic carbocycles. The number of ether oxygens (including phenoxy) is 3.